The van der Waals surface area contributed by atoms with E-state index in [-0.39, 0.29) is 12.2 Å². The van der Waals surface area contributed by atoms with Crippen LogP contribution in [0.2, 0.25) is 0 Å². The van der Waals surface area contributed by atoms with Gasteiger partial charge in [-0.05, 0) is 77.1 Å². The van der Waals surface area contributed by atoms with Gasteiger partial charge in [-0.15, -0.1) is 0 Å². The van der Waals surface area contributed by atoms with Crippen molar-refractivity contribution >= 4 is 58.2 Å². The molecule has 0 saturated heterocycles. The lowest BCUT2D eigenvalue weighted by Crippen LogP contribution is -2.27. The van der Waals surface area contributed by atoms with Crippen LogP contribution in [-0.2, 0) is 24.2 Å². The van der Waals surface area contributed by atoms with E-state index < -0.39 is 23.5 Å². The van der Waals surface area contributed by atoms with E-state index in [4.69, 9.17) is 31.4 Å². The van der Waals surface area contributed by atoms with E-state index in [1.807, 2.05) is 30.6 Å². The molecule has 58 heavy (non-hydrogen) atoms. The molecular formula is C40H51N11O7. The third-order valence-corrected chi connectivity index (χ3v) is 8.24. The number of carbonyl (C=O) groups excluding carboxylic acids is 4. The van der Waals surface area contributed by atoms with Crippen LogP contribution in [0, 0.1) is 6.92 Å². The standard InChI is InChI=1S/C33H41N9O6.C7H10N2O/c1-33(2,3)48-32(45)40-22-9-8-21(39-18-22)10-13-47-25-16-19(29(35)43)14-23(34)27(25)38-11-6-7-12-42-28-24(41-31(42)37-4)15-20(30(36)44)17-26(28)46-5;1-3-9-7(5-10)4-6(2)8-9/h6-9,14-18,38H,10-13,34H2,1-5H3,(H2,35,43)(H2,36,44)(H,37,41)(H,40,45);4-5H,3H2,1-2H3/b7-6+;. The van der Waals surface area contributed by atoms with E-state index in [0.29, 0.717) is 76.3 Å². The highest BCUT2D eigenvalue weighted by atomic mass is 16.6. The number of anilines is 4. The zero-order valence-electron chi connectivity index (χ0n) is 33.7. The van der Waals surface area contributed by atoms with E-state index >= 15 is 0 Å². The summed E-state index contributed by atoms with van der Waals surface area (Å²) in [5, 5.41) is 13.0. The van der Waals surface area contributed by atoms with Crippen molar-refractivity contribution in [3.05, 3.63) is 89.0 Å². The number of amides is 3. The van der Waals surface area contributed by atoms with Crippen LogP contribution in [0.3, 0.4) is 0 Å². The Morgan fingerprint density at radius 2 is 1.69 bits per heavy atom. The SMILES string of the molecule is CCn1nc(C)cc1C=O.CNc1nc2cc(C(N)=O)cc(OC)c2n1C/C=C/CNc1c(N)cc(C(N)=O)cc1OCCc1ccc(NC(=O)OC(C)(C)C)cn1. The van der Waals surface area contributed by atoms with Crippen molar-refractivity contribution < 1.29 is 33.4 Å². The first-order chi connectivity index (χ1) is 27.6. The summed E-state index contributed by atoms with van der Waals surface area (Å²) in [6, 6.07) is 11.5. The summed E-state index contributed by atoms with van der Waals surface area (Å²) < 4.78 is 20.4. The summed E-state index contributed by atoms with van der Waals surface area (Å²) in [4.78, 5) is 55.0. The van der Waals surface area contributed by atoms with Crippen LogP contribution in [0.4, 0.5) is 27.8 Å². The number of hydrogen-bond donors (Lipinski definition) is 6. The van der Waals surface area contributed by atoms with Crippen molar-refractivity contribution in [1.82, 2.24) is 24.3 Å². The molecule has 18 nitrogen and oxygen atoms in total. The van der Waals surface area contributed by atoms with Gasteiger partial charge in [0.15, 0.2) is 6.29 Å². The fraction of sp³-hybridized carbons (Fsp3) is 0.325. The van der Waals surface area contributed by atoms with Crippen LogP contribution in [0.5, 0.6) is 11.5 Å². The number of aromatic nitrogens is 5. The molecule has 308 valence electrons. The molecule has 5 rings (SSSR count). The third-order valence-electron chi connectivity index (χ3n) is 8.24. The molecule has 18 heteroatoms. The number of imidazole rings is 1. The van der Waals surface area contributed by atoms with Crippen LogP contribution >= 0.6 is 0 Å². The Morgan fingerprint density at radius 1 is 0.983 bits per heavy atom. The molecule has 0 aliphatic rings. The Labute approximate surface area is 336 Å². The summed E-state index contributed by atoms with van der Waals surface area (Å²) in [5.74, 6) is 0.184. The summed E-state index contributed by atoms with van der Waals surface area (Å²) in [7, 11) is 3.27. The van der Waals surface area contributed by atoms with Crippen molar-refractivity contribution in [2.24, 2.45) is 11.5 Å². The Balaban J connectivity index is 0.000000648. The second kappa shape index (κ2) is 19.7. The summed E-state index contributed by atoms with van der Waals surface area (Å²) >= 11 is 0. The molecule has 0 aliphatic heterocycles. The monoisotopic (exact) mass is 797 g/mol. The second-order valence-electron chi connectivity index (χ2n) is 13.8. The minimum atomic E-state index is -0.640. The number of carbonyl (C=O) groups is 4. The number of aryl methyl sites for hydroxylation is 2. The van der Waals surface area contributed by atoms with Crippen LogP contribution in [0.1, 0.15) is 70.3 Å². The van der Waals surface area contributed by atoms with Crippen LogP contribution in [0.25, 0.3) is 11.0 Å². The number of nitrogens with one attached hydrogen (secondary N) is 3. The largest absolute Gasteiger partial charge is 0.494 e. The molecule has 3 aromatic heterocycles. The van der Waals surface area contributed by atoms with Gasteiger partial charge in [0, 0.05) is 49.9 Å². The summed E-state index contributed by atoms with van der Waals surface area (Å²) in [5.41, 5.74) is 22.0. The quantitative estimate of drug-likeness (QED) is 0.0441. The lowest BCUT2D eigenvalue weighted by Gasteiger charge is -2.19. The lowest BCUT2D eigenvalue weighted by molar-refractivity contribution is 0.0635. The Bertz CT molecular complexity index is 2270. The highest BCUT2D eigenvalue weighted by Gasteiger charge is 2.18. The number of hydrogen-bond acceptors (Lipinski definition) is 13. The van der Waals surface area contributed by atoms with Gasteiger partial charge in [-0.2, -0.15) is 5.10 Å². The number of fused-ring (bicyclic) bond motifs is 1. The summed E-state index contributed by atoms with van der Waals surface area (Å²) in [6.07, 6.45) is 6.05. The van der Waals surface area contributed by atoms with Crippen LogP contribution in [0.15, 0.2) is 60.8 Å². The van der Waals surface area contributed by atoms with Gasteiger partial charge in [0.1, 0.15) is 34.0 Å². The molecule has 2 aromatic carbocycles. The first-order valence-electron chi connectivity index (χ1n) is 18.3. The smallest absolute Gasteiger partial charge is 0.412 e. The van der Waals surface area contributed by atoms with Crippen molar-refractivity contribution in [3.8, 4) is 11.5 Å². The van der Waals surface area contributed by atoms with E-state index in [1.54, 1.807) is 62.8 Å². The van der Waals surface area contributed by atoms with E-state index in [9.17, 15) is 19.2 Å². The normalized spacial score (nSPS) is 11.1. The van der Waals surface area contributed by atoms with Gasteiger partial charge in [0.05, 0.1) is 42.5 Å². The highest BCUT2D eigenvalue weighted by Crippen LogP contribution is 2.33. The number of ether oxygens (including phenoxy) is 3. The van der Waals surface area contributed by atoms with Crippen LogP contribution < -0.4 is 42.6 Å². The van der Waals surface area contributed by atoms with E-state index in [1.165, 1.54) is 25.4 Å². The number of aldehydes is 1. The molecule has 0 unspecified atom stereocenters. The molecule has 0 radical (unpaired) electrons. The van der Waals surface area contributed by atoms with Crippen molar-refractivity contribution in [2.45, 2.75) is 59.7 Å². The van der Waals surface area contributed by atoms with Crippen molar-refractivity contribution in [1.29, 1.82) is 0 Å². The number of benzene rings is 2. The zero-order chi connectivity index (χ0) is 42.6. The number of nitrogens with two attached hydrogens (primary N) is 3. The summed E-state index contributed by atoms with van der Waals surface area (Å²) in [6.45, 7) is 11.0. The van der Waals surface area contributed by atoms with Gasteiger partial charge in [0.25, 0.3) is 0 Å². The van der Waals surface area contributed by atoms with Gasteiger partial charge >= 0.3 is 6.09 Å². The molecule has 0 fully saturated rings. The predicted octanol–water partition coefficient (Wildman–Crippen LogP) is 4.92. The lowest BCUT2D eigenvalue weighted by atomic mass is 10.1. The minimum absolute atomic E-state index is 0.208. The Kier molecular flexibility index (Phi) is 14.8. The number of methoxy groups -OCH3 is 1. The molecule has 0 aliphatic carbocycles. The Hall–Kier alpha value is -7.11. The van der Waals surface area contributed by atoms with Gasteiger partial charge in [-0.1, -0.05) is 12.2 Å². The predicted molar refractivity (Wildman–Crippen MR) is 223 cm³/mol. The van der Waals surface area contributed by atoms with E-state index in [0.717, 1.165) is 24.2 Å². The number of rotatable bonds is 16. The minimum Gasteiger partial charge on any atom is -0.494 e. The molecular weight excluding hydrogens is 747 g/mol. The number of nitrogens with zero attached hydrogens (tertiary/aromatic N) is 5. The molecule has 0 atom stereocenters. The first-order valence-corrected chi connectivity index (χ1v) is 18.3. The topological polar surface area (TPSA) is 259 Å². The van der Waals surface area contributed by atoms with Crippen LogP contribution in [-0.4, -0.2) is 81.4 Å². The van der Waals surface area contributed by atoms with E-state index in [2.05, 4.69) is 31.0 Å². The zero-order valence-corrected chi connectivity index (χ0v) is 33.7. The second-order valence-corrected chi connectivity index (χ2v) is 13.8. The first kappa shape index (κ1) is 43.6. The number of pyridine rings is 1. The molecule has 3 amide bonds. The maximum absolute atomic E-state index is 12.0. The highest BCUT2D eigenvalue weighted by molar-refractivity contribution is 5.99. The molecule has 0 saturated carbocycles. The molecule has 0 bridgehead atoms. The molecule has 0 spiro atoms. The van der Waals surface area contributed by atoms with Gasteiger partial charge in [-0.25, -0.2) is 9.78 Å². The average Bonchev–Trinajstić information content (AvgIpc) is 3.73. The number of allylic oxidation sites excluding steroid dienone is 1. The van der Waals surface area contributed by atoms with Gasteiger partial charge in [-0.3, -0.25) is 29.4 Å². The Morgan fingerprint density at radius 3 is 2.28 bits per heavy atom. The van der Waals surface area contributed by atoms with Crippen molar-refractivity contribution in [3.63, 3.8) is 0 Å². The molecule has 5 aromatic rings. The molecule has 3 heterocycles. The third kappa shape index (κ3) is 11.7. The number of nitrogen functional groups attached to an aromatic ring is 1. The van der Waals surface area contributed by atoms with Crippen molar-refractivity contribution in [2.75, 3.05) is 49.0 Å². The maximum atomic E-state index is 12.0. The number of primary amides is 2. The maximum Gasteiger partial charge on any atom is 0.412 e. The fourth-order valence-electron chi connectivity index (χ4n) is 5.65. The van der Waals surface area contributed by atoms with Gasteiger partial charge < -0.3 is 46.6 Å². The average molecular weight is 798 g/mol. The van der Waals surface area contributed by atoms with Gasteiger partial charge in [0.2, 0.25) is 17.8 Å². The fourth-order valence-corrected chi connectivity index (χ4v) is 5.65. The molecule has 9 N–H and O–H groups in total.